The third-order valence-corrected chi connectivity index (χ3v) is 5.40. The van der Waals surface area contributed by atoms with Gasteiger partial charge < -0.3 is 10.2 Å². The van der Waals surface area contributed by atoms with E-state index in [-0.39, 0.29) is 30.8 Å². The average Bonchev–Trinajstić information content (AvgIpc) is 2.71. The molecule has 29 heavy (non-hydrogen) atoms. The van der Waals surface area contributed by atoms with Gasteiger partial charge in [-0.3, -0.25) is 9.59 Å². The molecule has 4 nitrogen and oxygen atoms in total. The molecule has 0 saturated heterocycles. The second kappa shape index (κ2) is 11.0. The number of carbonyl (C=O) groups excluding carboxylic acids is 2. The average molecular weight is 419 g/mol. The molecular formula is C23H28ClFN2O2. The number of hydrogen-bond acceptors (Lipinski definition) is 2. The van der Waals surface area contributed by atoms with Gasteiger partial charge in [0.25, 0.3) is 0 Å². The third kappa shape index (κ3) is 6.57. The summed E-state index contributed by atoms with van der Waals surface area (Å²) in [6.07, 6.45) is 1.41. The Labute approximate surface area is 177 Å². The van der Waals surface area contributed by atoms with Gasteiger partial charge in [0.1, 0.15) is 11.9 Å². The Balaban J connectivity index is 2.18. The van der Waals surface area contributed by atoms with Crippen LogP contribution in [0.25, 0.3) is 0 Å². The highest BCUT2D eigenvalue weighted by molar-refractivity contribution is 6.31. The first-order valence-corrected chi connectivity index (χ1v) is 10.3. The number of aryl methyl sites for hydroxylation is 1. The van der Waals surface area contributed by atoms with Crippen molar-refractivity contribution in [2.75, 3.05) is 0 Å². The lowest BCUT2D eigenvalue weighted by Gasteiger charge is -2.30. The van der Waals surface area contributed by atoms with E-state index in [9.17, 15) is 14.0 Å². The maximum Gasteiger partial charge on any atom is 0.242 e. The van der Waals surface area contributed by atoms with E-state index in [0.29, 0.717) is 17.0 Å². The predicted molar refractivity (Wildman–Crippen MR) is 114 cm³/mol. The molecule has 0 aliphatic carbocycles. The Morgan fingerprint density at radius 2 is 1.69 bits per heavy atom. The Morgan fingerprint density at radius 3 is 2.31 bits per heavy atom. The van der Waals surface area contributed by atoms with Crippen LogP contribution >= 0.6 is 11.6 Å². The summed E-state index contributed by atoms with van der Waals surface area (Å²) in [4.78, 5) is 27.1. The lowest BCUT2D eigenvalue weighted by molar-refractivity contribution is -0.140. The van der Waals surface area contributed by atoms with Crippen LogP contribution in [0.5, 0.6) is 0 Å². The molecule has 0 aliphatic heterocycles. The van der Waals surface area contributed by atoms with Gasteiger partial charge in [-0.25, -0.2) is 4.39 Å². The Hall–Kier alpha value is -2.40. The highest BCUT2D eigenvalue weighted by Gasteiger charge is 2.27. The summed E-state index contributed by atoms with van der Waals surface area (Å²) < 4.78 is 14.2. The summed E-state index contributed by atoms with van der Waals surface area (Å²) in [5.74, 6) is -0.868. The van der Waals surface area contributed by atoms with Crippen molar-refractivity contribution in [2.45, 2.75) is 58.7 Å². The van der Waals surface area contributed by atoms with Gasteiger partial charge >= 0.3 is 0 Å². The minimum Gasteiger partial charge on any atom is -0.352 e. The minimum atomic E-state index is -0.720. The maximum absolute atomic E-state index is 14.2. The predicted octanol–water partition coefficient (Wildman–Crippen LogP) is 4.74. The molecule has 0 fully saturated rings. The van der Waals surface area contributed by atoms with E-state index in [2.05, 4.69) is 5.32 Å². The first-order chi connectivity index (χ1) is 13.8. The molecule has 2 atom stereocenters. The van der Waals surface area contributed by atoms with Crippen molar-refractivity contribution in [1.29, 1.82) is 0 Å². The van der Waals surface area contributed by atoms with E-state index in [1.807, 2.05) is 32.0 Å². The minimum absolute atomic E-state index is 0.00140. The number of amides is 2. The van der Waals surface area contributed by atoms with Crippen molar-refractivity contribution < 1.29 is 14.0 Å². The second-order valence-corrected chi connectivity index (χ2v) is 7.61. The summed E-state index contributed by atoms with van der Waals surface area (Å²) in [5, 5.41) is 3.50. The standard InChI is InChI=1S/C23H28ClFN2O2/c1-4-16(2)26-23(29)17(3)27(15-19-10-6-8-12-21(19)25)22(28)14-13-18-9-5-7-11-20(18)24/h5-12,16-17H,4,13-15H2,1-3H3,(H,26,29)/t16-,17+/m1/s1. The van der Waals surface area contributed by atoms with E-state index >= 15 is 0 Å². The fourth-order valence-electron chi connectivity index (χ4n) is 2.94. The van der Waals surface area contributed by atoms with Crippen LogP contribution in [0.2, 0.25) is 5.02 Å². The fourth-order valence-corrected chi connectivity index (χ4v) is 3.17. The molecule has 2 rings (SSSR count). The third-order valence-electron chi connectivity index (χ3n) is 5.03. The molecule has 0 unspecified atom stereocenters. The zero-order valence-corrected chi connectivity index (χ0v) is 17.9. The molecule has 6 heteroatoms. The molecule has 1 N–H and O–H groups in total. The first-order valence-electron chi connectivity index (χ1n) is 9.90. The van der Waals surface area contributed by atoms with E-state index in [1.54, 1.807) is 31.2 Å². The molecule has 0 heterocycles. The fraction of sp³-hybridized carbons (Fsp3) is 0.391. The Bertz CT molecular complexity index is 843. The van der Waals surface area contributed by atoms with Crippen LogP contribution in [-0.4, -0.2) is 28.8 Å². The van der Waals surface area contributed by atoms with E-state index < -0.39 is 11.9 Å². The van der Waals surface area contributed by atoms with Gasteiger partial charge in [0.2, 0.25) is 11.8 Å². The van der Waals surface area contributed by atoms with Gasteiger partial charge in [0, 0.05) is 29.6 Å². The molecule has 0 spiro atoms. The monoisotopic (exact) mass is 418 g/mol. The van der Waals surface area contributed by atoms with Crippen molar-refractivity contribution in [1.82, 2.24) is 10.2 Å². The maximum atomic E-state index is 14.2. The quantitative estimate of drug-likeness (QED) is 0.639. The van der Waals surface area contributed by atoms with Crippen LogP contribution < -0.4 is 5.32 Å². The summed E-state index contributed by atoms with van der Waals surface area (Å²) in [6.45, 7) is 5.58. The zero-order valence-electron chi connectivity index (χ0n) is 17.1. The molecule has 2 aromatic carbocycles. The Kier molecular flexibility index (Phi) is 8.65. The number of carbonyl (C=O) groups is 2. The summed E-state index contributed by atoms with van der Waals surface area (Å²) in [7, 11) is 0. The molecule has 156 valence electrons. The highest BCUT2D eigenvalue weighted by atomic mass is 35.5. The summed E-state index contributed by atoms with van der Waals surface area (Å²) >= 11 is 6.19. The summed E-state index contributed by atoms with van der Waals surface area (Å²) in [5.41, 5.74) is 1.24. The van der Waals surface area contributed by atoms with Crippen LogP contribution in [0.4, 0.5) is 4.39 Å². The highest BCUT2D eigenvalue weighted by Crippen LogP contribution is 2.19. The number of halogens is 2. The second-order valence-electron chi connectivity index (χ2n) is 7.20. The number of nitrogens with one attached hydrogen (secondary N) is 1. The number of hydrogen-bond donors (Lipinski definition) is 1. The van der Waals surface area contributed by atoms with Gasteiger partial charge in [-0.15, -0.1) is 0 Å². The number of nitrogens with zero attached hydrogens (tertiary/aromatic N) is 1. The van der Waals surface area contributed by atoms with E-state index in [4.69, 9.17) is 11.6 Å². The normalized spacial score (nSPS) is 12.9. The first kappa shape index (κ1) is 22.9. The lowest BCUT2D eigenvalue weighted by Crippen LogP contribution is -2.49. The molecule has 0 aliphatic rings. The number of rotatable bonds is 9. The van der Waals surface area contributed by atoms with Crippen LogP contribution in [0.3, 0.4) is 0 Å². The molecule has 2 amide bonds. The van der Waals surface area contributed by atoms with Crippen molar-refractivity contribution in [3.8, 4) is 0 Å². The van der Waals surface area contributed by atoms with Crippen molar-refractivity contribution in [2.24, 2.45) is 0 Å². The van der Waals surface area contributed by atoms with Gasteiger partial charge in [0.15, 0.2) is 0 Å². The molecule has 0 bridgehead atoms. The molecular weight excluding hydrogens is 391 g/mol. The Morgan fingerprint density at radius 1 is 1.07 bits per heavy atom. The van der Waals surface area contributed by atoms with E-state index in [0.717, 1.165) is 12.0 Å². The summed E-state index contributed by atoms with van der Waals surface area (Å²) in [6, 6.07) is 12.9. The van der Waals surface area contributed by atoms with Crippen LogP contribution in [0, 0.1) is 5.82 Å². The SMILES string of the molecule is CC[C@@H](C)NC(=O)[C@H](C)N(Cc1ccccc1F)C(=O)CCc1ccccc1Cl. The smallest absolute Gasteiger partial charge is 0.242 e. The van der Waals surface area contributed by atoms with Gasteiger partial charge in [0.05, 0.1) is 0 Å². The largest absolute Gasteiger partial charge is 0.352 e. The molecule has 0 aromatic heterocycles. The van der Waals surface area contributed by atoms with E-state index in [1.165, 1.54) is 11.0 Å². The van der Waals surface area contributed by atoms with Crippen LogP contribution in [-0.2, 0) is 22.6 Å². The lowest BCUT2D eigenvalue weighted by atomic mass is 10.1. The van der Waals surface area contributed by atoms with Gasteiger partial charge in [-0.05, 0) is 44.4 Å². The van der Waals surface area contributed by atoms with Gasteiger partial charge in [-0.1, -0.05) is 54.9 Å². The van der Waals surface area contributed by atoms with Crippen molar-refractivity contribution in [3.63, 3.8) is 0 Å². The topological polar surface area (TPSA) is 49.4 Å². The number of benzene rings is 2. The van der Waals surface area contributed by atoms with Crippen molar-refractivity contribution in [3.05, 3.63) is 70.5 Å². The molecule has 0 saturated carbocycles. The van der Waals surface area contributed by atoms with Gasteiger partial charge in [-0.2, -0.15) is 0 Å². The molecule has 2 aromatic rings. The van der Waals surface area contributed by atoms with Crippen molar-refractivity contribution >= 4 is 23.4 Å². The van der Waals surface area contributed by atoms with Crippen LogP contribution in [0.15, 0.2) is 48.5 Å². The molecule has 0 radical (unpaired) electrons. The zero-order chi connectivity index (χ0) is 21.4. The van der Waals surface area contributed by atoms with Crippen LogP contribution in [0.1, 0.15) is 44.7 Å².